The number of thioether (sulfide) groups is 1. The summed E-state index contributed by atoms with van der Waals surface area (Å²) in [6.07, 6.45) is -0.266. The molecule has 1 fully saturated rings. The molecule has 0 spiro atoms. The lowest BCUT2D eigenvalue weighted by atomic mass is 10.0. The van der Waals surface area contributed by atoms with E-state index in [-0.39, 0.29) is 18.0 Å². The smallest absolute Gasteiger partial charge is 0.410 e. The molecule has 1 aliphatic rings. The molecule has 8 nitrogen and oxygen atoms in total. The van der Waals surface area contributed by atoms with E-state index >= 15 is 0 Å². The minimum Gasteiger partial charge on any atom is -0.444 e. The molecular weight excluding hydrogens is 292 g/mol. The van der Waals surface area contributed by atoms with Crippen LogP contribution in [0, 0.1) is 5.92 Å². The lowest BCUT2D eigenvalue weighted by Gasteiger charge is -2.39. The predicted molar refractivity (Wildman–Crippen MR) is 80.7 cm³/mol. The first-order valence-electron chi connectivity index (χ1n) is 6.60. The molecule has 1 saturated heterocycles. The number of hydrogen-bond donors (Lipinski definition) is 2. The molecule has 4 N–H and O–H groups in total. The summed E-state index contributed by atoms with van der Waals surface area (Å²) >= 11 is 1.46. The summed E-state index contributed by atoms with van der Waals surface area (Å²) in [5.41, 5.74) is 10.6. The van der Waals surface area contributed by atoms with Crippen LogP contribution in [0.5, 0.6) is 0 Å². The highest BCUT2D eigenvalue weighted by molar-refractivity contribution is 7.99. The van der Waals surface area contributed by atoms with Gasteiger partial charge in [-0.3, -0.25) is 0 Å². The normalized spacial score (nSPS) is 15.7. The first kappa shape index (κ1) is 15.6. The fourth-order valence-corrected chi connectivity index (χ4v) is 2.71. The van der Waals surface area contributed by atoms with Crippen LogP contribution in [0.4, 0.5) is 16.7 Å². The van der Waals surface area contributed by atoms with E-state index in [1.165, 1.54) is 11.8 Å². The van der Waals surface area contributed by atoms with Crippen molar-refractivity contribution in [1.29, 1.82) is 0 Å². The minimum absolute atomic E-state index is 0.119. The Bertz CT molecular complexity index is 507. The third-order valence-electron chi connectivity index (χ3n) is 2.71. The average Bonchev–Trinajstić information content (AvgIpc) is 2.22. The molecule has 1 amide bonds. The summed E-state index contributed by atoms with van der Waals surface area (Å²) in [6, 6.07) is 0. The van der Waals surface area contributed by atoms with Crippen molar-refractivity contribution < 1.29 is 9.53 Å². The van der Waals surface area contributed by atoms with Crippen LogP contribution in [0.1, 0.15) is 20.8 Å². The van der Waals surface area contributed by atoms with Gasteiger partial charge in [0.1, 0.15) is 5.60 Å². The number of amides is 1. The van der Waals surface area contributed by atoms with E-state index in [2.05, 4.69) is 15.0 Å². The molecule has 1 aliphatic heterocycles. The third kappa shape index (κ3) is 4.62. The van der Waals surface area contributed by atoms with Gasteiger partial charge in [-0.2, -0.15) is 15.0 Å². The largest absolute Gasteiger partial charge is 0.444 e. The van der Waals surface area contributed by atoms with Crippen molar-refractivity contribution in [2.45, 2.75) is 31.5 Å². The number of aromatic nitrogens is 3. The zero-order chi connectivity index (χ0) is 15.6. The molecule has 116 valence electrons. The van der Waals surface area contributed by atoms with Crippen LogP contribution in [0.15, 0.2) is 5.16 Å². The van der Waals surface area contributed by atoms with E-state index in [0.29, 0.717) is 24.2 Å². The van der Waals surface area contributed by atoms with Gasteiger partial charge < -0.3 is 21.1 Å². The second-order valence-electron chi connectivity index (χ2n) is 5.90. The van der Waals surface area contributed by atoms with Gasteiger partial charge in [0.05, 0.1) is 0 Å². The van der Waals surface area contributed by atoms with Gasteiger partial charge in [-0.25, -0.2) is 4.79 Å². The second kappa shape index (κ2) is 5.92. The fraction of sp³-hybridized carbons (Fsp3) is 0.667. The number of nitrogens with zero attached hydrogens (tertiary/aromatic N) is 4. The Hall–Kier alpha value is -1.77. The fourth-order valence-electron chi connectivity index (χ4n) is 1.80. The van der Waals surface area contributed by atoms with Crippen molar-refractivity contribution in [3.05, 3.63) is 0 Å². The van der Waals surface area contributed by atoms with Crippen LogP contribution in [-0.4, -0.2) is 50.4 Å². The second-order valence-corrected chi connectivity index (χ2v) is 6.88. The predicted octanol–water partition coefficient (Wildman–Crippen LogP) is 0.995. The Morgan fingerprint density at radius 2 is 1.86 bits per heavy atom. The molecule has 1 aromatic heterocycles. The van der Waals surface area contributed by atoms with E-state index in [4.69, 9.17) is 16.2 Å². The topological polar surface area (TPSA) is 120 Å². The number of carbonyl (C=O) groups is 1. The first-order chi connectivity index (χ1) is 9.73. The van der Waals surface area contributed by atoms with Gasteiger partial charge in [-0.1, -0.05) is 11.8 Å². The molecule has 9 heteroatoms. The number of ether oxygens (including phenoxy) is 1. The van der Waals surface area contributed by atoms with Gasteiger partial charge in [0, 0.05) is 24.8 Å². The van der Waals surface area contributed by atoms with Gasteiger partial charge in [0.2, 0.25) is 11.9 Å². The van der Waals surface area contributed by atoms with E-state index < -0.39 is 5.60 Å². The molecule has 0 unspecified atom stereocenters. The van der Waals surface area contributed by atoms with E-state index in [9.17, 15) is 4.79 Å². The highest BCUT2D eigenvalue weighted by Gasteiger charge is 2.33. The Morgan fingerprint density at radius 1 is 1.29 bits per heavy atom. The van der Waals surface area contributed by atoms with Crippen molar-refractivity contribution in [2.75, 3.05) is 30.3 Å². The van der Waals surface area contributed by atoms with Crippen molar-refractivity contribution in [2.24, 2.45) is 5.92 Å². The third-order valence-corrected chi connectivity index (χ3v) is 3.79. The summed E-state index contributed by atoms with van der Waals surface area (Å²) in [4.78, 5) is 25.2. The quantitative estimate of drug-likeness (QED) is 0.793. The monoisotopic (exact) mass is 312 g/mol. The summed E-state index contributed by atoms with van der Waals surface area (Å²) in [6.45, 7) is 6.92. The highest BCUT2D eigenvalue weighted by Crippen LogP contribution is 2.25. The average molecular weight is 312 g/mol. The maximum Gasteiger partial charge on any atom is 0.410 e. The van der Waals surface area contributed by atoms with Crippen molar-refractivity contribution in [1.82, 2.24) is 19.9 Å². The summed E-state index contributed by atoms with van der Waals surface area (Å²) in [7, 11) is 0. The van der Waals surface area contributed by atoms with Gasteiger partial charge in [-0.15, -0.1) is 0 Å². The van der Waals surface area contributed by atoms with Gasteiger partial charge >= 0.3 is 6.09 Å². The van der Waals surface area contributed by atoms with Crippen LogP contribution >= 0.6 is 11.8 Å². The van der Waals surface area contributed by atoms with Crippen molar-refractivity contribution in [3.63, 3.8) is 0 Å². The summed E-state index contributed by atoms with van der Waals surface area (Å²) in [5.74, 6) is 1.42. The first-order valence-corrected chi connectivity index (χ1v) is 7.59. The Labute approximate surface area is 127 Å². The highest BCUT2D eigenvalue weighted by atomic mass is 32.2. The number of hydrogen-bond acceptors (Lipinski definition) is 8. The molecule has 0 aliphatic carbocycles. The zero-order valence-corrected chi connectivity index (χ0v) is 13.2. The lowest BCUT2D eigenvalue weighted by Crippen LogP contribution is -2.52. The molecule has 0 aromatic carbocycles. The summed E-state index contributed by atoms with van der Waals surface area (Å²) in [5, 5.41) is 0.510. The molecule has 2 rings (SSSR count). The van der Waals surface area contributed by atoms with Crippen LogP contribution < -0.4 is 11.5 Å². The van der Waals surface area contributed by atoms with Gasteiger partial charge in [0.25, 0.3) is 0 Å². The number of nitrogen functional groups attached to an aromatic ring is 2. The Balaban J connectivity index is 1.74. The van der Waals surface area contributed by atoms with Crippen LogP contribution in [-0.2, 0) is 4.74 Å². The molecule has 2 heterocycles. The van der Waals surface area contributed by atoms with Crippen LogP contribution in [0.25, 0.3) is 0 Å². The maximum absolute atomic E-state index is 11.8. The van der Waals surface area contributed by atoms with E-state index in [1.54, 1.807) is 4.90 Å². The zero-order valence-electron chi connectivity index (χ0n) is 12.4. The van der Waals surface area contributed by atoms with E-state index in [1.807, 2.05) is 20.8 Å². The lowest BCUT2D eigenvalue weighted by molar-refractivity contribution is 0.00215. The van der Waals surface area contributed by atoms with Crippen LogP contribution in [0.3, 0.4) is 0 Å². The number of rotatable bonds is 3. The molecule has 0 atom stereocenters. The van der Waals surface area contributed by atoms with Gasteiger partial charge in [0.15, 0.2) is 5.16 Å². The minimum atomic E-state index is -0.461. The summed E-state index contributed by atoms with van der Waals surface area (Å²) < 4.78 is 5.30. The molecule has 1 aromatic rings. The van der Waals surface area contributed by atoms with Crippen LogP contribution in [0.2, 0.25) is 0 Å². The van der Waals surface area contributed by atoms with Crippen molar-refractivity contribution in [3.8, 4) is 0 Å². The Morgan fingerprint density at radius 3 is 2.38 bits per heavy atom. The number of nitrogens with two attached hydrogens (primary N) is 2. The SMILES string of the molecule is CC(C)(C)OC(=O)N1CC(CSc2nc(N)nc(N)n2)C1. The number of likely N-dealkylation sites (tertiary alicyclic amines) is 1. The van der Waals surface area contributed by atoms with Crippen molar-refractivity contribution >= 4 is 29.8 Å². The molecular formula is C12H20N6O2S. The molecule has 0 bridgehead atoms. The Kier molecular flexibility index (Phi) is 4.40. The van der Waals surface area contributed by atoms with Gasteiger partial charge in [-0.05, 0) is 20.8 Å². The maximum atomic E-state index is 11.8. The van der Waals surface area contributed by atoms with E-state index in [0.717, 1.165) is 5.75 Å². The molecule has 0 radical (unpaired) electrons. The molecule has 21 heavy (non-hydrogen) atoms. The molecule has 0 saturated carbocycles. The standard InChI is InChI=1S/C12H20N6O2S/c1-12(2,3)20-11(19)18-4-7(5-18)6-21-10-16-8(13)15-9(14)17-10/h7H,4-6H2,1-3H3,(H4,13,14,15,16,17). The number of anilines is 2. The number of carbonyl (C=O) groups excluding carboxylic acids is 1.